The van der Waals surface area contributed by atoms with Crippen molar-refractivity contribution < 1.29 is 9.90 Å². The van der Waals surface area contributed by atoms with Gasteiger partial charge in [-0.15, -0.1) is 0 Å². The second kappa shape index (κ2) is 3.81. The van der Waals surface area contributed by atoms with Crippen LogP contribution in [0.4, 0.5) is 5.69 Å². The van der Waals surface area contributed by atoms with E-state index in [0.29, 0.717) is 11.4 Å². The van der Waals surface area contributed by atoms with Crippen LogP contribution in [-0.4, -0.2) is 16.1 Å². The molecule has 1 aromatic carbocycles. The molecule has 1 atom stereocenters. The highest BCUT2D eigenvalue weighted by molar-refractivity contribution is 5.83. The van der Waals surface area contributed by atoms with E-state index in [-0.39, 0.29) is 0 Å². The fourth-order valence-electron chi connectivity index (χ4n) is 1.53. The van der Waals surface area contributed by atoms with Gasteiger partial charge in [0.05, 0.1) is 17.1 Å². The van der Waals surface area contributed by atoms with E-state index in [1.54, 1.807) is 25.1 Å². The van der Waals surface area contributed by atoms with E-state index in [1.807, 2.05) is 12.1 Å². The van der Waals surface area contributed by atoms with E-state index in [2.05, 4.69) is 4.98 Å². The number of pyridine rings is 1. The summed E-state index contributed by atoms with van der Waals surface area (Å²) in [6.45, 7) is 1.62. The highest BCUT2D eigenvalue weighted by Gasteiger charge is 2.15. The third-order valence-corrected chi connectivity index (χ3v) is 2.55. The van der Waals surface area contributed by atoms with E-state index < -0.39 is 11.9 Å². The maximum Gasteiger partial charge on any atom is 0.312 e. The second-order valence-corrected chi connectivity index (χ2v) is 3.75. The molecule has 16 heavy (non-hydrogen) atoms. The molecule has 4 nitrogen and oxygen atoms in total. The minimum Gasteiger partial charge on any atom is -0.481 e. The molecule has 0 radical (unpaired) electrons. The highest BCUT2D eigenvalue weighted by Crippen LogP contribution is 2.20. The first kappa shape index (κ1) is 10.4. The van der Waals surface area contributed by atoms with Crippen molar-refractivity contribution in [2.75, 3.05) is 5.73 Å². The van der Waals surface area contributed by atoms with Crippen LogP contribution >= 0.6 is 0 Å². The number of carboxylic acids is 1. The first-order valence-electron chi connectivity index (χ1n) is 4.97. The molecule has 2 rings (SSSR count). The smallest absolute Gasteiger partial charge is 0.312 e. The van der Waals surface area contributed by atoms with E-state index in [1.165, 1.54) is 0 Å². The largest absolute Gasteiger partial charge is 0.481 e. The molecule has 82 valence electrons. The van der Waals surface area contributed by atoms with Crippen LogP contribution in [0.5, 0.6) is 0 Å². The quantitative estimate of drug-likeness (QED) is 0.753. The SMILES string of the molecule is CC(C(=O)O)c1ccc2cc(N)ccc2n1. The average molecular weight is 216 g/mol. The van der Waals surface area contributed by atoms with Gasteiger partial charge in [-0.3, -0.25) is 9.78 Å². The number of aliphatic carboxylic acids is 1. The lowest BCUT2D eigenvalue weighted by molar-refractivity contribution is -0.138. The van der Waals surface area contributed by atoms with Crippen molar-refractivity contribution in [2.24, 2.45) is 0 Å². The Morgan fingerprint density at radius 1 is 1.38 bits per heavy atom. The van der Waals surface area contributed by atoms with Gasteiger partial charge in [0.15, 0.2) is 0 Å². The Balaban J connectivity index is 2.52. The van der Waals surface area contributed by atoms with Crippen LogP contribution < -0.4 is 5.73 Å². The molecule has 2 aromatic rings. The van der Waals surface area contributed by atoms with Gasteiger partial charge in [0.25, 0.3) is 0 Å². The lowest BCUT2D eigenvalue weighted by atomic mass is 10.1. The number of anilines is 1. The van der Waals surface area contributed by atoms with Crippen LogP contribution in [0.3, 0.4) is 0 Å². The van der Waals surface area contributed by atoms with Crippen LogP contribution in [0, 0.1) is 0 Å². The van der Waals surface area contributed by atoms with E-state index in [9.17, 15) is 4.79 Å². The van der Waals surface area contributed by atoms with Gasteiger partial charge in [-0.2, -0.15) is 0 Å². The number of benzene rings is 1. The van der Waals surface area contributed by atoms with Crippen molar-refractivity contribution in [1.29, 1.82) is 0 Å². The molecule has 0 aliphatic carbocycles. The summed E-state index contributed by atoms with van der Waals surface area (Å²) in [6.07, 6.45) is 0. The Morgan fingerprint density at radius 3 is 2.81 bits per heavy atom. The molecule has 1 aromatic heterocycles. The Morgan fingerprint density at radius 2 is 2.12 bits per heavy atom. The number of hydrogen-bond donors (Lipinski definition) is 2. The lowest BCUT2D eigenvalue weighted by Crippen LogP contribution is -2.09. The Kier molecular flexibility index (Phi) is 2.48. The molecule has 1 heterocycles. The van der Waals surface area contributed by atoms with Crippen LogP contribution in [0.1, 0.15) is 18.5 Å². The van der Waals surface area contributed by atoms with Gasteiger partial charge >= 0.3 is 5.97 Å². The standard InChI is InChI=1S/C12H12N2O2/c1-7(12(15)16)10-4-2-8-6-9(13)3-5-11(8)14-10/h2-7H,13H2,1H3,(H,15,16). The van der Waals surface area contributed by atoms with Crippen LogP contribution in [0.25, 0.3) is 10.9 Å². The number of nitrogen functional groups attached to an aromatic ring is 1. The van der Waals surface area contributed by atoms with E-state index in [0.717, 1.165) is 10.9 Å². The summed E-state index contributed by atoms with van der Waals surface area (Å²) in [5.74, 6) is -1.47. The molecule has 3 N–H and O–H groups in total. The van der Waals surface area contributed by atoms with Crippen molar-refractivity contribution in [3.8, 4) is 0 Å². The molecule has 0 aliphatic heterocycles. The number of rotatable bonds is 2. The normalized spacial score (nSPS) is 12.6. The summed E-state index contributed by atoms with van der Waals surface area (Å²) in [5, 5.41) is 9.81. The predicted octanol–water partition coefficient (Wildman–Crippen LogP) is 2.01. The van der Waals surface area contributed by atoms with E-state index in [4.69, 9.17) is 10.8 Å². The third kappa shape index (κ3) is 1.82. The van der Waals surface area contributed by atoms with Gasteiger partial charge in [-0.05, 0) is 31.2 Å². The summed E-state index contributed by atoms with van der Waals surface area (Å²) >= 11 is 0. The summed E-state index contributed by atoms with van der Waals surface area (Å²) in [7, 11) is 0. The number of carboxylic acid groups (broad SMARTS) is 1. The Bertz CT molecular complexity index is 552. The van der Waals surface area contributed by atoms with Gasteiger partial charge in [0.1, 0.15) is 0 Å². The first-order chi connectivity index (χ1) is 7.58. The van der Waals surface area contributed by atoms with Crippen molar-refractivity contribution in [3.05, 3.63) is 36.0 Å². The maximum absolute atomic E-state index is 10.8. The lowest BCUT2D eigenvalue weighted by Gasteiger charge is -2.07. The van der Waals surface area contributed by atoms with Crippen LogP contribution in [0.15, 0.2) is 30.3 Å². The molecule has 0 fully saturated rings. The van der Waals surface area contributed by atoms with Gasteiger partial charge in [-0.25, -0.2) is 0 Å². The monoisotopic (exact) mass is 216 g/mol. The third-order valence-electron chi connectivity index (χ3n) is 2.55. The molecule has 0 spiro atoms. The van der Waals surface area contributed by atoms with Crippen molar-refractivity contribution in [3.63, 3.8) is 0 Å². The Labute approximate surface area is 92.7 Å². The number of carbonyl (C=O) groups is 1. The zero-order chi connectivity index (χ0) is 11.7. The molecule has 0 saturated carbocycles. The number of fused-ring (bicyclic) bond motifs is 1. The van der Waals surface area contributed by atoms with Gasteiger partial charge < -0.3 is 10.8 Å². The molecule has 0 saturated heterocycles. The fourth-order valence-corrected chi connectivity index (χ4v) is 1.53. The minimum atomic E-state index is -0.873. The second-order valence-electron chi connectivity index (χ2n) is 3.75. The molecular formula is C12H12N2O2. The maximum atomic E-state index is 10.8. The summed E-state index contributed by atoms with van der Waals surface area (Å²) in [4.78, 5) is 15.1. The molecule has 0 bridgehead atoms. The predicted molar refractivity (Wildman–Crippen MR) is 62.2 cm³/mol. The van der Waals surface area contributed by atoms with E-state index >= 15 is 0 Å². The molecule has 4 heteroatoms. The number of hydrogen-bond acceptors (Lipinski definition) is 3. The van der Waals surface area contributed by atoms with Gasteiger partial charge in [-0.1, -0.05) is 6.07 Å². The molecule has 1 unspecified atom stereocenters. The zero-order valence-corrected chi connectivity index (χ0v) is 8.84. The first-order valence-corrected chi connectivity index (χ1v) is 4.97. The number of nitrogens with zero attached hydrogens (tertiary/aromatic N) is 1. The van der Waals surface area contributed by atoms with Crippen LogP contribution in [-0.2, 0) is 4.79 Å². The summed E-state index contributed by atoms with van der Waals surface area (Å²) < 4.78 is 0. The van der Waals surface area contributed by atoms with Crippen LogP contribution in [0.2, 0.25) is 0 Å². The highest BCUT2D eigenvalue weighted by atomic mass is 16.4. The summed E-state index contributed by atoms with van der Waals surface area (Å²) in [5.41, 5.74) is 7.65. The number of aromatic nitrogens is 1. The van der Waals surface area contributed by atoms with Crippen molar-refractivity contribution in [2.45, 2.75) is 12.8 Å². The van der Waals surface area contributed by atoms with Gasteiger partial charge in [0, 0.05) is 11.1 Å². The summed E-state index contributed by atoms with van der Waals surface area (Å²) in [6, 6.07) is 8.93. The van der Waals surface area contributed by atoms with Crippen molar-refractivity contribution >= 4 is 22.6 Å². The fraction of sp³-hybridized carbons (Fsp3) is 0.167. The molecular weight excluding hydrogens is 204 g/mol. The topological polar surface area (TPSA) is 76.2 Å². The average Bonchev–Trinajstić information content (AvgIpc) is 2.27. The zero-order valence-electron chi connectivity index (χ0n) is 8.84. The van der Waals surface area contributed by atoms with Gasteiger partial charge in [0.2, 0.25) is 0 Å². The molecule has 0 aliphatic rings. The Hall–Kier alpha value is -2.10. The molecule has 0 amide bonds. The number of nitrogens with two attached hydrogens (primary N) is 1. The van der Waals surface area contributed by atoms with Crippen molar-refractivity contribution in [1.82, 2.24) is 4.98 Å². The minimum absolute atomic E-state index is 0.560.